The molecule has 4 rings (SSSR count). The Morgan fingerprint density at radius 1 is 1.24 bits per heavy atom. The Morgan fingerprint density at radius 2 is 2.04 bits per heavy atom. The number of carbonyl (C=O) groups excluding carboxylic acids is 1. The van der Waals surface area contributed by atoms with Crippen molar-refractivity contribution < 1.29 is 14.3 Å². The topological polar surface area (TPSA) is 42.0 Å². The number of rotatable bonds is 4. The second-order valence-electron chi connectivity index (χ2n) is 7.51. The van der Waals surface area contributed by atoms with E-state index in [1.165, 1.54) is 5.56 Å². The molecule has 3 fully saturated rings. The molecule has 0 aromatic heterocycles. The minimum absolute atomic E-state index is 0.0778. The third-order valence-electron chi connectivity index (χ3n) is 5.99. The summed E-state index contributed by atoms with van der Waals surface area (Å²) >= 11 is 0. The fourth-order valence-electron chi connectivity index (χ4n) is 4.69. The van der Waals surface area contributed by atoms with Crippen LogP contribution >= 0.6 is 0 Å². The lowest BCUT2D eigenvalue weighted by Gasteiger charge is -2.40. The summed E-state index contributed by atoms with van der Waals surface area (Å²) < 4.78 is 11.5. The molecule has 3 atom stereocenters. The predicted octanol–water partition coefficient (Wildman–Crippen LogP) is 2.15. The van der Waals surface area contributed by atoms with Crippen molar-refractivity contribution in [2.75, 3.05) is 39.9 Å². The van der Waals surface area contributed by atoms with Gasteiger partial charge in [0.1, 0.15) is 5.75 Å². The Balaban J connectivity index is 1.50. The van der Waals surface area contributed by atoms with Gasteiger partial charge in [-0.2, -0.15) is 0 Å². The number of fused-ring (bicyclic) bond motifs is 1. The van der Waals surface area contributed by atoms with Crippen molar-refractivity contribution in [1.82, 2.24) is 9.80 Å². The van der Waals surface area contributed by atoms with E-state index < -0.39 is 0 Å². The van der Waals surface area contributed by atoms with Crippen LogP contribution in [0, 0.1) is 11.8 Å². The number of amides is 1. The van der Waals surface area contributed by atoms with Crippen LogP contribution in [0.3, 0.4) is 0 Å². The summed E-state index contributed by atoms with van der Waals surface area (Å²) in [6.07, 6.45) is 3.51. The maximum Gasteiger partial charge on any atom is 0.227 e. The first-order chi connectivity index (χ1) is 12.3. The molecule has 25 heavy (non-hydrogen) atoms. The van der Waals surface area contributed by atoms with Crippen LogP contribution in [0.25, 0.3) is 0 Å². The van der Waals surface area contributed by atoms with E-state index in [-0.39, 0.29) is 12.0 Å². The molecule has 0 bridgehead atoms. The second-order valence-corrected chi connectivity index (χ2v) is 7.51. The summed E-state index contributed by atoms with van der Waals surface area (Å²) in [6, 6.07) is 8.15. The van der Waals surface area contributed by atoms with Crippen molar-refractivity contribution in [2.24, 2.45) is 11.8 Å². The van der Waals surface area contributed by atoms with Crippen molar-refractivity contribution in [3.8, 4) is 5.75 Å². The Morgan fingerprint density at radius 3 is 2.84 bits per heavy atom. The molecule has 0 spiro atoms. The highest BCUT2D eigenvalue weighted by Crippen LogP contribution is 2.36. The number of methoxy groups -OCH3 is 1. The van der Waals surface area contributed by atoms with Gasteiger partial charge in [-0.3, -0.25) is 9.69 Å². The molecular formula is C20H28N2O3. The summed E-state index contributed by atoms with van der Waals surface area (Å²) in [5.74, 6) is 1.73. The first-order valence-corrected chi connectivity index (χ1v) is 9.51. The molecule has 0 saturated carbocycles. The zero-order valence-electron chi connectivity index (χ0n) is 15.0. The van der Waals surface area contributed by atoms with Gasteiger partial charge in [0, 0.05) is 50.8 Å². The summed E-state index contributed by atoms with van der Waals surface area (Å²) in [6.45, 7) is 5.20. The van der Waals surface area contributed by atoms with Crippen LogP contribution in [0.2, 0.25) is 0 Å². The van der Waals surface area contributed by atoms with E-state index in [0.717, 1.165) is 64.3 Å². The maximum absolute atomic E-state index is 13.1. The molecule has 3 aliphatic rings. The molecule has 136 valence electrons. The highest BCUT2D eigenvalue weighted by atomic mass is 16.5. The number of hydrogen-bond donors (Lipinski definition) is 0. The first kappa shape index (κ1) is 16.9. The van der Waals surface area contributed by atoms with E-state index in [9.17, 15) is 4.79 Å². The highest BCUT2D eigenvalue weighted by molar-refractivity contribution is 5.80. The number of para-hydroxylation sites is 1. The lowest BCUT2D eigenvalue weighted by Crippen LogP contribution is -2.52. The van der Waals surface area contributed by atoms with Crippen molar-refractivity contribution in [2.45, 2.75) is 31.9 Å². The van der Waals surface area contributed by atoms with Crippen LogP contribution in [-0.4, -0.2) is 61.7 Å². The number of nitrogens with zero attached hydrogens (tertiary/aromatic N) is 2. The van der Waals surface area contributed by atoms with Gasteiger partial charge in [-0.1, -0.05) is 18.2 Å². The molecule has 0 unspecified atom stereocenters. The number of piperidine rings is 1. The summed E-state index contributed by atoms with van der Waals surface area (Å²) in [5.41, 5.74) is 1.17. The lowest BCUT2D eigenvalue weighted by atomic mass is 9.81. The second kappa shape index (κ2) is 7.34. The molecule has 5 nitrogen and oxygen atoms in total. The van der Waals surface area contributed by atoms with Crippen LogP contribution in [0.1, 0.15) is 24.8 Å². The zero-order chi connectivity index (χ0) is 17.2. The van der Waals surface area contributed by atoms with Gasteiger partial charge in [0.15, 0.2) is 0 Å². The summed E-state index contributed by atoms with van der Waals surface area (Å²) in [7, 11) is 1.71. The third-order valence-corrected chi connectivity index (χ3v) is 5.99. The van der Waals surface area contributed by atoms with Gasteiger partial charge in [-0.05, 0) is 25.3 Å². The van der Waals surface area contributed by atoms with Crippen LogP contribution in [-0.2, 0) is 16.1 Å². The van der Waals surface area contributed by atoms with Gasteiger partial charge in [-0.15, -0.1) is 0 Å². The predicted molar refractivity (Wildman–Crippen MR) is 95.4 cm³/mol. The Labute approximate surface area is 149 Å². The van der Waals surface area contributed by atoms with Crippen molar-refractivity contribution in [3.63, 3.8) is 0 Å². The fraction of sp³-hybridized carbons (Fsp3) is 0.650. The van der Waals surface area contributed by atoms with Crippen molar-refractivity contribution >= 4 is 5.91 Å². The molecule has 3 heterocycles. The number of hydrogen-bond acceptors (Lipinski definition) is 4. The van der Waals surface area contributed by atoms with E-state index >= 15 is 0 Å². The highest BCUT2D eigenvalue weighted by Gasteiger charge is 2.45. The Hall–Kier alpha value is -1.59. The fourth-order valence-corrected chi connectivity index (χ4v) is 4.69. The smallest absolute Gasteiger partial charge is 0.227 e. The van der Waals surface area contributed by atoms with E-state index in [2.05, 4.69) is 15.9 Å². The standard InChI is InChI=1S/C20H28N2O3/c1-24-18-7-3-2-6-15(18)12-21-13-17(16-8-11-25-19(16)14-21)20(23)22-9-4-5-10-22/h2-3,6-7,16-17,19H,4-5,8-14H2,1H3/t16-,17-,19+/m1/s1. The van der Waals surface area contributed by atoms with Gasteiger partial charge < -0.3 is 14.4 Å². The molecule has 0 aliphatic carbocycles. The molecule has 3 aliphatic heterocycles. The lowest BCUT2D eigenvalue weighted by molar-refractivity contribution is -0.140. The van der Waals surface area contributed by atoms with Crippen molar-refractivity contribution in [3.05, 3.63) is 29.8 Å². The molecular weight excluding hydrogens is 316 g/mol. The van der Waals surface area contributed by atoms with E-state index in [1.807, 2.05) is 18.2 Å². The van der Waals surface area contributed by atoms with Gasteiger partial charge >= 0.3 is 0 Å². The zero-order valence-corrected chi connectivity index (χ0v) is 15.0. The van der Waals surface area contributed by atoms with Crippen LogP contribution in [0.15, 0.2) is 24.3 Å². The molecule has 0 N–H and O–H groups in total. The molecule has 1 aromatic rings. The monoisotopic (exact) mass is 344 g/mol. The number of carbonyl (C=O) groups is 1. The maximum atomic E-state index is 13.1. The number of benzene rings is 1. The SMILES string of the molecule is COc1ccccc1CN1C[C@@H]2OCC[C@@H]2[C@H](C(=O)N2CCCC2)C1. The molecule has 1 aromatic carbocycles. The van der Waals surface area contributed by atoms with Crippen LogP contribution in [0.5, 0.6) is 5.75 Å². The summed E-state index contributed by atoms with van der Waals surface area (Å²) in [4.78, 5) is 17.5. The molecule has 5 heteroatoms. The van der Waals surface area contributed by atoms with Crippen molar-refractivity contribution in [1.29, 1.82) is 0 Å². The molecule has 1 amide bonds. The first-order valence-electron chi connectivity index (χ1n) is 9.51. The average Bonchev–Trinajstić information content (AvgIpc) is 3.32. The minimum Gasteiger partial charge on any atom is -0.496 e. The quantitative estimate of drug-likeness (QED) is 0.839. The minimum atomic E-state index is 0.0778. The van der Waals surface area contributed by atoms with E-state index in [4.69, 9.17) is 9.47 Å². The van der Waals surface area contributed by atoms with Gasteiger partial charge in [-0.25, -0.2) is 0 Å². The van der Waals surface area contributed by atoms with Crippen LogP contribution in [0.4, 0.5) is 0 Å². The summed E-state index contributed by atoms with van der Waals surface area (Å²) in [5, 5.41) is 0. The molecule has 3 saturated heterocycles. The third kappa shape index (κ3) is 3.40. The van der Waals surface area contributed by atoms with Gasteiger partial charge in [0.2, 0.25) is 5.91 Å². The van der Waals surface area contributed by atoms with E-state index in [1.54, 1.807) is 7.11 Å². The number of ether oxygens (including phenoxy) is 2. The normalized spacial score (nSPS) is 29.6. The van der Waals surface area contributed by atoms with Gasteiger partial charge in [0.05, 0.1) is 19.1 Å². The van der Waals surface area contributed by atoms with Crippen LogP contribution < -0.4 is 4.74 Å². The Kier molecular flexibility index (Phi) is 4.95. The largest absolute Gasteiger partial charge is 0.496 e. The van der Waals surface area contributed by atoms with Gasteiger partial charge in [0.25, 0.3) is 0 Å². The number of likely N-dealkylation sites (tertiary alicyclic amines) is 2. The van der Waals surface area contributed by atoms with E-state index in [0.29, 0.717) is 11.8 Å². The average molecular weight is 344 g/mol. The molecule has 0 radical (unpaired) electrons. The Bertz CT molecular complexity index is 615.